The number of aromatic nitrogens is 5. The maximum atomic E-state index is 8.60. The number of fused-ring (bicyclic) bond motifs is 7. The number of rotatable bonds is 4. The Morgan fingerprint density at radius 3 is 1.73 bits per heavy atom. The molecule has 0 spiro atoms. The van der Waals surface area contributed by atoms with Gasteiger partial charge in [-0.1, -0.05) is 121 Å². The van der Waals surface area contributed by atoms with Crippen molar-refractivity contribution >= 4 is 43.6 Å². The zero-order chi connectivity index (χ0) is 29.9. The van der Waals surface area contributed by atoms with Crippen LogP contribution in [0.25, 0.3) is 78.0 Å². The molecule has 5 heteroatoms. The van der Waals surface area contributed by atoms with Gasteiger partial charge in [-0.2, -0.15) is 9.97 Å². The minimum atomic E-state index is 0.465. The van der Waals surface area contributed by atoms with E-state index >= 15 is 0 Å². The zero-order valence-corrected chi connectivity index (χ0v) is 23.6. The Labute approximate surface area is 254 Å². The number of nitrogens with zero attached hydrogens (tertiary/aromatic N) is 5. The summed E-state index contributed by atoms with van der Waals surface area (Å²) in [6.45, 7) is 0. The van der Waals surface area contributed by atoms with Crippen LogP contribution in [0.2, 0.25) is 0 Å². The Kier molecular flexibility index (Phi) is 5.20. The standard InChI is InChI=1S/C39H25N5/c1-4-14-26(15-5-1)37-40-38(27-16-6-2-7-17-27)42-39(41-37)44-32-22-12-10-20-29(32)30-24-25-34-35(36(30)44)31-21-11-13-23-33(31)43(34)28-18-8-3-9-19-28/h1-25H/i11D. The number of hydrogen-bond acceptors (Lipinski definition) is 3. The average Bonchev–Trinajstić information content (AvgIpc) is 3.62. The lowest BCUT2D eigenvalue weighted by molar-refractivity contribution is 0.955. The third-order valence-electron chi connectivity index (χ3n) is 8.31. The van der Waals surface area contributed by atoms with Crippen molar-refractivity contribution in [3.8, 4) is 34.4 Å². The first-order chi connectivity index (χ1) is 22.2. The van der Waals surface area contributed by atoms with Gasteiger partial charge < -0.3 is 4.57 Å². The van der Waals surface area contributed by atoms with E-state index in [1.807, 2.05) is 84.9 Å². The predicted octanol–water partition coefficient (Wildman–Crippen LogP) is 9.40. The first kappa shape index (κ1) is 23.5. The van der Waals surface area contributed by atoms with Gasteiger partial charge in [0.15, 0.2) is 11.6 Å². The number of hydrogen-bond donors (Lipinski definition) is 0. The van der Waals surface area contributed by atoms with Gasteiger partial charge >= 0.3 is 0 Å². The third kappa shape index (κ3) is 3.69. The van der Waals surface area contributed by atoms with Crippen molar-refractivity contribution in [2.45, 2.75) is 0 Å². The van der Waals surface area contributed by atoms with Gasteiger partial charge in [-0.05, 0) is 30.3 Å². The van der Waals surface area contributed by atoms with Crippen molar-refractivity contribution in [1.29, 1.82) is 0 Å². The second kappa shape index (κ2) is 9.75. The first-order valence-electron chi connectivity index (χ1n) is 15.1. The smallest absolute Gasteiger partial charge is 0.238 e. The number of benzene rings is 6. The molecule has 3 heterocycles. The van der Waals surface area contributed by atoms with Crippen LogP contribution in [0.4, 0.5) is 0 Å². The molecule has 9 rings (SSSR count). The summed E-state index contributed by atoms with van der Waals surface area (Å²) in [6, 6.07) is 49.7. The van der Waals surface area contributed by atoms with E-state index in [1.165, 1.54) is 0 Å². The Hall–Kier alpha value is -6.07. The molecule has 0 aliphatic carbocycles. The predicted molar refractivity (Wildman–Crippen MR) is 179 cm³/mol. The summed E-state index contributed by atoms with van der Waals surface area (Å²) >= 11 is 0. The lowest BCUT2D eigenvalue weighted by Crippen LogP contribution is -2.06. The van der Waals surface area contributed by atoms with Crippen LogP contribution in [-0.4, -0.2) is 24.1 Å². The van der Waals surface area contributed by atoms with Gasteiger partial charge in [0.05, 0.1) is 23.4 Å². The molecular weight excluding hydrogens is 538 g/mol. The average molecular weight is 565 g/mol. The highest BCUT2D eigenvalue weighted by Gasteiger charge is 2.22. The van der Waals surface area contributed by atoms with Crippen LogP contribution in [0.15, 0.2) is 152 Å². The van der Waals surface area contributed by atoms with Gasteiger partial charge in [0.1, 0.15) is 0 Å². The topological polar surface area (TPSA) is 48.5 Å². The van der Waals surface area contributed by atoms with Gasteiger partial charge in [-0.3, -0.25) is 4.57 Å². The van der Waals surface area contributed by atoms with Crippen LogP contribution in [0, 0.1) is 0 Å². The Morgan fingerprint density at radius 2 is 1.02 bits per heavy atom. The molecular formula is C39H25N5. The molecule has 0 unspecified atom stereocenters. The zero-order valence-electron chi connectivity index (χ0n) is 24.6. The van der Waals surface area contributed by atoms with E-state index in [1.54, 1.807) is 0 Å². The molecule has 0 saturated heterocycles. The van der Waals surface area contributed by atoms with Gasteiger partial charge in [-0.25, -0.2) is 4.98 Å². The fourth-order valence-corrected chi connectivity index (χ4v) is 6.41. The van der Waals surface area contributed by atoms with E-state index in [9.17, 15) is 0 Å². The van der Waals surface area contributed by atoms with Gasteiger partial charge in [0, 0.05) is 38.4 Å². The van der Waals surface area contributed by atoms with Crippen molar-refractivity contribution in [1.82, 2.24) is 24.1 Å². The molecule has 206 valence electrons. The summed E-state index contributed by atoms with van der Waals surface area (Å²) in [4.78, 5) is 15.2. The lowest BCUT2D eigenvalue weighted by atomic mass is 10.1. The van der Waals surface area contributed by atoms with E-state index in [2.05, 4.69) is 69.8 Å². The van der Waals surface area contributed by atoms with E-state index in [-0.39, 0.29) is 0 Å². The van der Waals surface area contributed by atoms with E-state index in [0.717, 1.165) is 60.4 Å². The summed E-state index contributed by atoms with van der Waals surface area (Å²) in [6.07, 6.45) is 0. The van der Waals surface area contributed by atoms with Gasteiger partial charge in [-0.15, -0.1) is 0 Å². The maximum absolute atomic E-state index is 8.60. The molecule has 0 N–H and O–H groups in total. The lowest BCUT2D eigenvalue weighted by Gasteiger charge is -2.11. The summed E-state index contributed by atoms with van der Waals surface area (Å²) in [5.41, 5.74) is 7.01. The van der Waals surface area contributed by atoms with Crippen LogP contribution in [0.3, 0.4) is 0 Å². The Balaban J connectivity index is 1.47. The van der Waals surface area contributed by atoms with Crippen molar-refractivity contribution in [2.75, 3.05) is 0 Å². The molecule has 5 nitrogen and oxygen atoms in total. The van der Waals surface area contributed by atoms with Crippen molar-refractivity contribution < 1.29 is 1.37 Å². The monoisotopic (exact) mass is 564 g/mol. The maximum Gasteiger partial charge on any atom is 0.238 e. The number of para-hydroxylation sites is 3. The van der Waals surface area contributed by atoms with E-state index < -0.39 is 0 Å². The van der Waals surface area contributed by atoms with Crippen LogP contribution in [0.5, 0.6) is 0 Å². The summed E-state index contributed by atoms with van der Waals surface area (Å²) in [7, 11) is 0. The van der Waals surface area contributed by atoms with Crippen molar-refractivity contribution in [3.63, 3.8) is 0 Å². The molecule has 3 aromatic heterocycles. The SMILES string of the molecule is [2H]c1ccc2c(c1)c1c(ccc3c4ccccc4n(-c4nc(-c5ccccc5)nc(-c5ccccc5)n4)c31)n2-c1ccccc1. The quantitative estimate of drug-likeness (QED) is 0.214. The molecule has 9 aromatic rings. The van der Waals surface area contributed by atoms with E-state index in [0.29, 0.717) is 23.6 Å². The Morgan fingerprint density at radius 1 is 0.432 bits per heavy atom. The van der Waals surface area contributed by atoms with Gasteiger partial charge in [0.25, 0.3) is 0 Å². The van der Waals surface area contributed by atoms with Crippen molar-refractivity contribution in [2.24, 2.45) is 0 Å². The van der Waals surface area contributed by atoms with Crippen LogP contribution >= 0.6 is 0 Å². The summed E-state index contributed by atoms with van der Waals surface area (Å²) in [5.74, 6) is 1.76. The fourth-order valence-electron chi connectivity index (χ4n) is 6.41. The largest absolute Gasteiger partial charge is 0.309 e. The Bertz CT molecular complexity index is 2480. The van der Waals surface area contributed by atoms with Crippen LogP contribution < -0.4 is 0 Å². The molecule has 0 fully saturated rings. The van der Waals surface area contributed by atoms with Crippen LogP contribution in [-0.2, 0) is 0 Å². The highest BCUT2D eigenvalue weighted by Crippen LogP contribution is 2.41. The van der Waals surface area contributed by atoms with Crippen LogP contribution in [0.1, 0.15) is 1.37 Å². The highest BCUT2D eigenvalue weighted by atomic mass is 15.2. The minimum Gasteiger partial charge on any atom is -0.309 e. The van der Waals surface area contributed by atoms with E-state index in [4.69, 9.17) is 16.3 Å². The molecule has 0 saturated carbocycles. The normalized spacial score (nSPS) is 12.0. The molecule has 0 atom stereocenters. The first-order valence-corrected chi connectivity index (χ1v) is 14.6. The molecule has 6 aromatic carbocycles. The summed E-state index contributed by atoms with van der Waals surface area (Å²) in [5, 5.41) is 4.28. The molecule has 44 heavy (non-hydrogen) atoms. The van der Waals surface area contributed by atoms with Crippen molar-refractivity contribution in [3.05, 3.63) is 152 Å². The molecule has 0 radical (unpaired) electrons. The highest BCUT2D eigenvalue weighted by molar-refractivity contribution is 6.26. The second-order valence-electron chi connectivity index (χ2n) is 10.8. The second-order valence-corrected chi connectivity index (χ2v) is 10.8. The fraction of sp³-hybridized carbons (Fsp3) is 0. The van der Waals surface area contributed by atoms with Gasteiger partial charge in [0.2, 0.25) is 5.95 Å². The molecule has 0 amide bonds. The third-order valence-corrected chi connectivity index (χ3v) is 8.31. The molecule has 0 bridgehead atoms. The molecule has 0 aliphatic heterocycles. The molecule has 0 aliphatic rings. The summed E-state index contributed by atoms with van der Waals surface area (Å²) < 4.78 is 13.1. The minimum absolute atomic E-state index is 0.465.